The summed E-state index contributed by atoms with van der Waals surface area (Å²) in [4.78, 5) is 39.3. The highest BCUT2D eigenvalue weighted by molar-refractivity contribution is 5.96. The molecule has 10 heteroatoms. The van der Waals surface area contributed by atoms with Gasteiger partial charge in [0.15, 0.2) is 0 Å². The summed E-state index contributed by atoms with van der Waals surface area (Å²) in [5, 5.41) is 10.7. The maximum Gasteiger partial charge on any atom is 0.347 e. The highest BCUT2D eigenvalue weighted by atomic mass is 16.6. The van der Waals surface area contributed by atoms with Crippen LogP contribution < -0.4 is 28.4 Å². The van der Waals surface area contributed by atoms with Gasteiger partial charge in [0.1, 0.15) is 45.6 Å². The molecule has 0 aromatic heterocycles. The summed E-state index contributed by atoms with van der Waals surface area (Å²) in [5.41, 5.74) is 1.10. The highest BCUT2D eigenvalue weighted by Crippen LogP contribution is 2.29. The maximum absolute atomic E-state index is 13.1. The lowest BCUT2D eigenvalue weighted by atomic mass is 10.1. The molecule has 1 N–H and O–H groups in total. The Bertz CT molecular complexity index is 2100. The zero-order valence-corrected chi connectivity index (χ0v) is 34.3. The van der Waals surface area contributed by atoms with Gasteiger partial charge in [-0.15, -0.1) is 0 Å². The third-order valence-electron chi connectivity index (χ3n) is 9.51. The summed E-state index contributed by atoms with van der Waals surface area (Å²) in [6.07, 6.45) is 14.3. The molecule has 1 aliphatic carbocycles. The number of benzene rings is 4. The van der Waals surface area contributed by atoms with Gasteiger partial charge in [0.2, 0.25) is 0 Å². The molecule has 0 spiro atoms. The van der Waals surface area contributed by atoms with E-state index in [1.54, 1.807) is 60.7 Å². The van der Waals surface area contributed by atoms with Crippen LogP contribution in [0.1, 0.15) is 113 Å². The standard InChI is InChI=1S/C49H54O10/c1-5-9-17-36(15-7-3)54-44-21-13-11-19-42(44)48(52)58-40-29-25-38(26-30-40)56-46(50)34-23-24-35(33-34)47(51)57-39-27-31-41(32-28-39)59-49(53)43-20-12-14-22-45(43)55-37(16-8-4)18-10-6-2/h11-14,19-33,36-37,50H,5-10,15-18H2,1-4H3/b46-34-. The van der Waals surface area contributed by atoms with Crippen molar-refractivity contribution in [3.8, 4) is 34.5 Å². The predicted molar refractivity (Wildman–Crippen MR) is 227 cm³/mol. The number of para-hydroxylation sites is 2. The smallest absolute Gasteiger partial charge is 0.347 e. The number of esters is 3. The second-order valence-electron chi connectivity index (χ2n) is 14.2. The van der Waals surface area contributed by atoms with Crippen molar-refractivity contribution >= 4 is 17.9 Å². The molecule has 0 amide bonds. The Labute approximate surface area is 347 Å². The molecule has 4 aromatic rings. The number of ether oxygens (including phenoxy) is 6. The van der Waals surface area contributed by atoms with Gasteiger partial charge < -0.3 is 33.5 Å². The maximum atomic E-state index is 13.1. The summed E-state index contributed by atoms with van der Waals surface area (Å²) >= 11 is 0. The van der Waals surface area contributed by atoms with Crippen molar-refractivity contribution in [3.63, 3.8) is 0 Å². The van der Waals surface area contributed by atoms with Crippen LogP contribution in [0.4, 0.5) is 0 Å². The minimum atomic E-state index is -0.662. The Kier molecular flexibility index (Phi) is 16.8. The number of carbonyl (C=O) groups excluding carboxylic acids is 3. The first-order valence-corrected chi connectivity index (χ1v) is 20.6. The van der Waals surface area contributed by atoms with Gasteiger partial charge in [-0.25, -0.2) is 14.4 Å². The van der Waals surface area contributed by atoms with Crippen LogP contribution in [0, 0.1) is 0 Å². The Morgan fingerprint density at radius 3 is 1.32 bits per heavy atom. The lowest BCUT2D eigenvalue weighted by Crippen LogP contribution is -2.19. The minimum Gasteiger partial charge on any atom is -0.490 e. The number of hydrogen-bond acceptors (Lipinski definition) is 10. The van der Waals surface area contributed by atoms with E-state index in [9.17, 15) is 19.5 Å². The molecule has 0 fully saturated rings. The number of carbonyl (C=O) groups is 3. The fourth-order valence-electron chi connectivity index (χ4n) is 6.38. The number of allylic oxidation sites excluding steroid dienone is 3. The quantitative estimate of drug-likeness (QED) is 0.0466. The predicted octanol–water partition coefficient (Wildman–Crippen LogP) is 11.9. The van der Waals surface area contributed by atoms with E-state index in [1.807, 2.05) is 12.1 Å². The van der Waals surface area contributed by atoms with Crippen LogP contribution in [-0.4, -0.2) is 35.2 Å². The third kappa shape index (κ3) is 13.1. The highest BCUT2D eigenvalue weighted by Gasteiger charge is 2.21. The van der Waals surface area contributed by atoms with Gasteiger partial charge >= 0.3 is 17.9 Å². The van der Waals surface area contributed by atoms with E-state index in [0.29, 0.717) is 22.6 Å². The van der Waals surface area contributed by atoms with Gasteiger partial charge in [0.25, 0.3) is 5.95 Å². The van der Waals surface area contributed by atoms with Crippen LogP contribution in [-0.2, 0) is 4.79 Å². The first-order chi connectivity index (χ1) is 28.7. The first kappa shape index (κ1) is 43.8. The molecule has 1 aliphatic rings. The summed E-state index contributed by atoms with van der Waals surface area (Å²) in [6, 6.07) is 26.4. The van der Waals surface area contributed by atoms with Gasteiger partial charge in [0, 0.05) is 0 Å². The van der Waals surface area contributed by atoms with Crippen LogP contribution in [0.2, 0.25) is 0 Å². The first-order valence-electron chi connectivity index (χ1n) is 20.6. The Morgan fingerprint density at radius 2 is 0.898 bits per heavy atom. The van der Waals surface area contributed by atoms with Crippen LogP contribution >= 0.6 is 0 Å². The van der Waals surface area contributed by atoms with Gasteiger partial charge in [-0.2, -0.15) is 0 Å². The Hall–Kier alpha value is -6.29. The molecule has 0 bridgehead atoms. The van der Waals surface area contributed by atoms with E-state index >= 15 is 0 Å². The van der Waals surface area contributed by atoms with Crippen LogP contribution in [0.15, 0.2) is 132 Å². The zero-order chi connectivity index (χ0) is 42.0. The van der Waals surface area contributed by atoms with Crippen molar-refractivity contribution in [2.45, 2.75) is 104 Å². The normalized spacial score (nSPS) is 13.8. The Balaban J connectivity index is 1.14. The van der Waals surface area contributed by atoms with Gasteiger partial charge in [0.05, 0.1) is 23.4 Å². The van der Waals surface area contributed by atoms with Gasteiger partial charge in [-0.3, -0.25) is 0 Å². The fourth-order valence-corrected chi connectivity index (χ4v) is 6.38. The van der Waals surface area contributed by atoms with E-state index in [-0.39, 0.29) is 46.4 Å². The van der Waals surface area contributed by atoms with Crippen LogP contribution in [0.5, 0.6) is 34.5 Å². The van der Waals surface area contributed by atoms with E-state index in [4.69, 9.17) is 28.4 Å². The molecule has 0 saturated heterocycles. The number of rotatable bonds is 22. The van der Waals surface area contributed by atoms with Gasteiger partial charge in [-0.1, -0.05) is 90.5 Å². The molecular weight excluding hydrogens is 749 g/mol. The number of aliphatic hydroxyl groups excluding tert-OH is 1. The molecule has 0 heterocycles. The lowest BCUT2D eigenvalue weighted by Gasteiger charge is -2.20. The molecule has 2 atom stereocenters. The van der Waals surface area contributed by atoms with Gasteiger partial charge in [-0.05, 0) is 117 Å². The molecule has 2 unspecified atom stereocenters. The monoisotopic (exact) mass is 802 g/mol. The molecule has 0 aliphatic heterocycles. The second kappa shape index (κ2) is 22.6. The number of unbranched alkanes of at least 4 members (excludes halogenated alkanes) is 2. The summed E-state index contributed by atoms with van der Waals surface area (Å²) in [7, 11) is 0. The summed E-state index contributed by atoms with van der Waals surface area (Å²) in [6.45, 7) is 8.50. The average molecular weight is 803 g/mol. The second-order valence-corrected chi connectivity index (χ2v) is 14.2. The molecule has 4 aromatic carbocycles. The third-order valence-corrected chi connectivity index (χ3v) is 9.51. The largest absolute Gasteiger partial charge is 0.490 e. The van der Waals surface area contributed by atoms with Crippen molar-refractivity contribution in [1.82, 2.24) is 0 Å². The molecule has 10 nitrogen and oxygen atoms in total. The zero-order valence-electron chi connectivity index (χ0n) is 34.3. The van der Waals surface area contributed by atoms with E-state index in [1.165, 1.54) is 42.5 Å². The van der Waals surface area contributed by atoms with E-state index in [2.05, 4.69) is 27.7 Å². The van der Waals surface area contributed by atoms with E-state index < -0.39 is 23.9 Å². The summed E-state index contributed by atoms with van der Waals surface area (Å²) < 4.78 is 34.9. The van der Waals surface area contributed by atoms with Crippen LogP contribution in [0.25, 0.3) is 0 Å². The SMILES string of the molecule is CCCCC(CCC)Oc1ccccc1C(=O)Oc1ccc(OC(=O)C2=C/C(=C(/O)Oc3ccc(OC(=O)c4ccccc4OC(CCC)CCCC)cc3)C=C2)cc1. The topological polar surface area (TPSA) is 127 Å². The molecule has 59 heavy (non-hydrogen) atoms. The van der Waals surface area contributed by atoms with Crippen LogP contribution in [0.3, 0.4) is 0 Å². The van der Waals surface area contributed by atoms with Crippen molar-refractivity contribution in [2.24, 2.45) is 0 Å². The van der Waals surface area contributed by atoms with Crippen molar-refractivity contribution in [2.75, 3.05) is 0 Å². The minimum absolute atomic E-state index is 0.0164. The molecule has 310 valence electrons. The summed E-state index contributed by atoms with van der Waals surface area (Å²) in [5.74, 6) is -0.175. The number of aliphatic hydroxyl groups is 1. The lowest BCUT2D eigenvalue weighted by molar-refractivity contribution is -0.129. The van der Waals surface area contributed by atoms with Crippen molar-refractivity contribution in [3.05, 3.63) is 144 Å². The Morgan fingerprint density at radius 1 is 0.492 bits per heavy atom. The molecule has 0 radical (unpaired) electrons. The molecule has 5 rings (SSSR count). The van der Waals surface area contributed by atoms with Crippen molar-refractivity contribution in [1.29, 1.82) is 0 Å². The average Bonchev–Trinajstić information content (AvgIpc) is 3.75. The fraction of sp³-hybridized carbons (Fsp3) is 0.327. The van der Waals surface area contributed by atoms with Crippen molar-refractivity contribution < 1.29 is 47.9 Å². The molecule has 0 saturated carbocycles. The van der Waals surface area contributed by atoms with E-state index in [0.717, 1.165) is 64.2 Å². The number of hydrogen-bond donors (Lipinski definition) is 1. The molecular formula is C49H54O10.